The van der Waals surface area contributed by atoms with Crippen LogP contribution in [0.5, 0.6) is 0 Å². The van der Waals surface area contributed by atoms with Crippen LogP contribution in [0.3, 0.4) is 0 Å². The Morgan fingerprint density at radius 3 is 3.15 bits per heavy atom. The largest absolute Gasteiger partial charge is 0.389 e. The van der Waals surface area contributed by atoms with Crippen molar-refractivity contribution in [3.05, 3.63) is 6.20 Å². The average molecular weight is 197 g/mol. The van der Waals surface area contributed by atoms with Crippen molar-refractivity contribution in [1.82, 2.24) is 4.98 Å². The Morgan fingerprint density at radius 1 is 1.69 bits per heavy atom. The summed E-state index contributed by atoms with van der Waals surface area (Å²) in [6, 6.07) is 0. The summed E-state index contributed by atoms with van der Waals surface area (Å²) in [5.41, 5.74) is 5.65. The predicted molar refractivity (Wildman–Crippen MR) is 57.1 cm³/mol. The standard InChI is InChI=1S/C9H15N3S/c1-7-3-2-4-12(6-7)9-11-5-8(10)13-9/h5,7H,2-4,6,10H2,1H3. The minimum Gasteiger partial charge on any atom is -0.389 e. The molecule has 1 unspecified atom stereocenters. The number of nitrogen functional groups attached to an aromatic ring is 1. The third kappa shape index (κ3) is 1.94. The predicted octanol–water partition coefficient (Wildman–Crippen LogP) is 1.96. The number of hydrogen-bond donors (Lipinski definition) is 1. The maximum Gasteiger partial charge on any atom is 0.187 e. The molecule has 4 heteroatoms. The van der Waals surface area contributed by atoms with Gasteiger partial charge in [-0.25, -0.2) is 4.98 Å². The van der Waals surface area contributed by atoms with Gasteiger partial charge in [-0.05, 0) is 18.8 Å². The zero-order valence-electron chi connectivity index (χ0n) is 7.86. The number of thiazole rings is 1. The van der Waals surface area contributed by atoms with E-state index in [-0.39, 0.29) is 0 Å². The second-order valence-corrected chi connectivity index (χ2v) is 4.78. The molecule has 1 aromatic rings. The molecule has 0 amide bonds. The first-order chi connectivity index (χ1) is 6.25. The lowest BCUT2D eigenvalue weighted by molar-refractivity contribution is 0.446. The fourth-order valence-electron chi connectivity index (χ4n) is 1.79. The lowest BCUT2D eigenvalue weighted by atomic mass is 10.0. The van der Waals surface area contributed by atoms with Crippen LogP contribution in [0, 0.1) is 5.92 Å². The van der Waals surface area contributed by atoms with Gasteiger partial charge in [-0.15, -0.1) is 0 Å². The minimum atomic E-state index is 0.791. The van der Waals surface area contributed by atoms with E-state index in [1.807, 2.05) is 0 Å². The van der Waals surface area contributed by atoms with E-state index < -0.39 is 0 Å². The van der Waals surface area contributed by atoms with Crippen molar-refractivity contribution >= 4 is 21.5 Å². The van der Waals surface area contributed by atoms with Gasteiger partial charge in [-0.2, -0.15) is 0 Å². The van der Waals surface area contributed by atoms with E-state index in [9.17, 15) is 0 Å². The van der Waals surface area contributed by atoms with Gasteiger partial charge in [0, 0.05) is 13.1 Å². The molecule has 2 rings (SSSR count). The Morgan fingerprint density at radius 2 is 2.54 bits per heavy atom. The van der Waals surface area contributed by atoms with Crippen LogP contribution in [0.15, 0.2) is 6.20 Å². The molecule has 1 atom stereocenters. The monoisotopic (exact) mass is 197 g/mol. The molecular weight excluding hydrogens is 182 g/mol. The van der Waals surface area contributed by atoms with Gasteiger partial charge in [-0.3, -0.25) is 0 Å². The fraction of sp³-hybridized carbons (Fsp3) is 0.667. The normalized spacial score (nSPS) is 23.5. The highest BCUT2D eigenvalue weighted by Crippen LogP contribution is 2.27. The smallest absolute Gasteiger partial charge is 0.187 e. The number of rotatable bonds is 1. The number of nitrogens with zero attached hydrogens (tertiary/aromatic N) is 2. The molecule has 2 heterocycles. The van der Waals surface area contributed by atoms with Gasteiger partial charge < -0.3 is 10.6 Å². The quantitative estimate of drug-likeness (QED) is 0.748. The van der Waals surface area contributed by atoms with Gasteiger partial charge in [0.2, 0.25) is 0 Å². The molecule has 0 saturated carbocycles. The molecular formula is C9H15N3S. The summed E-state index contributed by atoms with van der Waals surface area (Å²) in [7, 11) is 0. The van der Waals surface area contributed by atoms with E-state index >= 15 is 0 Å². The molecule has 0 radical (unpaired) electrons. The molecule has 3 nitrogen and oxygen atoms in total. The van der Waals surface area contributed by atoms with E-state index in [0.717, 1.165) is 29.1 Å². The lowest BCUT2D eigenvalue weighted by Gasteiger charge is -2.30. The van der Waals surface area contributed by atoms with Crippen LogP contribution in [0.1, 0.15) is 19.8 Å². The number of nitrogens with two attached hydrogens (primary N) is 1. The number of aromatic nitrogens is 1. The fourth-order valence-corrected chi connectivity index (χ4v) is 2.50. The van der Waals surface area contributed by atoms with E-state index in [0.29, 0.717) is 0 Å². The number of anilines is 2. The van der Waals surface area contributed by atoms with Crippen LogP contribution in [-0.4, -0.2) is 18.1 Å². The SMILES string of the molecule is CC1CCCN(c2ncc(N)s2)C1. The molecule has 1 fully saturated rings. The summed E-state index contributed by atoms with van der Waals surface area (Å²) < 4.78 is 0. The highest BCUT2D eigenvalue weighted by atomic mass is 32.1. The second kappa shape index (κ2) is 3.54. The Bertz CT molecular complexity index is 284. The molecule has 1 aliphatic rings. The summed E-state index contributed by atoms with van der Waals surface area (Å²) in [6.07, 6.45) is 4.37. The molecule has 2 N–H and O–H groups in total. The first kappa shape index (κ1) is 8.81. The van der Waals surface area contributed by atoms with Gasteiger partial charge in [0.05, 0.1) is 6.20 Å². The molecule has 0 aromatic carbocycles. The third-order valence-corrected chi connectivity index (χ3v) is 3.33. The Hall–Kier alpha value is -0.770. The average Bonchev–Trinajstić information content (AvgIpc) is 2.52. The minimum absolute atomic E-state index is 0.791. The molecule has 0 bridgehead atoms. The highest BCUT2D eigenvalue weighted by Gasteiger charge is 2.18. The van der Waals surface area contributed by atoms with E-state index in [2.05, 4.69) is 16.8 Å². The van der Waals surface area contributed by atoms with Gasteiger partial charge in [-0.1, -0.05) is 18.3 Å². The Balaban J connectivity index is 2.08. The number of hydrogen-bond acceptors (Lipinski definition) is 4. The van der Waals surface area contributed by atoms with Crippen LogP contribution in [0.2, 0.25) is 0 Å². The van der Waals surface area contributed by atoms with E-state index in [1.165, 1.54) is 12.8 Å². The highest BCUT2D eigenvalue weighted by molar-refractivity contribution is 7.19. The summed E-state index contributed by atoms with van der Waals surface area (Å²) in [5.74, 6) is 0.791. The molecule has 1 aliphatic heterocycles. The van der Waals surface area contributed by atoms with Gasteiger partial charge in [0.25, 0.3) is 0 Å². The van der Waals surface area contributed by atoms with Crippen LogP contribution >= 0.6 is 11.3 Å². The Kier molecular flexibility index (Phi) is 2.40. The number of piperidine rings is 1. The maximum absolute atomic E-state index is 5.65. The van der Waals surface area contributed by atoms with Gasteiger partial charge in [0.15, 0.2) is 5.13 Å². The van der Waals surface area contributed by atoms with Crippen LogP contribution in [0.25, 0.3) is 0 Å². The first-order valence-corrected chi connectivity index (χ1v) is 5.53. The van der Waals surface area contributed by atoms with Crippen molar-refractivity contribution in [3.63, 3.8) is 0 Å². The van der Waals surface area contributed by atoms with Crippen molar-refractivity contribution in [2.24, 2.45) is 5.92 Å². The second-order valence-electron chi connectivity index (χ2n) is 3.74. The van der Waals surface area contributed by atoms with E-state index in [4.69, 9.17) is 5.73 Å². The van der Waals surface area contributed by atoms with E-state index in [1.54, 1.807) is 17.5 Å². The van der Waals surface area contributed by atoms with Crippen LogP contribution in [0.4, 0.5) is 10.1 Å². The summed E-state index contributed by atoms with van der Waals surface area (Å²) in [4.78, 5) is 6.64. The maximum atomic E-state index is 5.65. The van der Waals surface area contributed by atoms with Crippen molar-refractivity contribution < 1.29 is 0 Å². The third-order valence-electron chi connectivity index (χ3n) is 2.44. The van der Waals surface area contributed by atoms with Crippen molar-refractivity contribution in [2.75, 3.05) is 23.7 Å². The molecule has 72 valence electrons. The molecule has 0 spiro atoms. The summed E-state index contributed by atoms with van der Waals surface area (Å²) in [5, 5.41) is 1.90. The van der Waals surface area contributed by atoms with Crippen LogP contribution in [-0.2, 0) is 0 Å². The summed E-state index contributed by atoms with van der Waals surface area (Å²) in [6.45, 7) is 4.56. The first-order valence-electron chi connectivity index (χ1n) is 4.72. The summed E-state index contributed by atoms with van der Waals surface area (Å²) >= 11 is 1.59. The molecule has 0 aliphatic carbocycles. The topological polar surface area (TPSA) is 42.2 Å². The van der Waals surface area contributed by atoms with Crippen molar-refractivity contribution in [3.8, 4) is 0 Å². The molecule has 1 aromatic heterocycles. The molecule has 13 heavy (non-hydrogen) atoms. The van der Waals surface area contributed by atoms with Gasteiger partial charge >= 0.3 is 0 Å². The zero-order valence-corrected chi connectivity index (χ0v) is 8.68. The van der Waals surface area contributed by atoms with Crippen molar-refractivity contribution in [1.29, 1.82) is 0 Å². The zero-order chi connectivity index (χ0) is 9.26. The Labute approximate surface area is 82.6 Å². The van der Waals surface area contributed by atoms with Crippen molar-refractivity contribution in [2.45, 2.75) is 19.8 Å². The van der Waals surface area contributed by atoms with Gasteiger partial charge in [0.1, 0.15) is 5.00 Å². The molecule has 1 saturated heterocycles. The van der Waals surface area contributed by atoms with Crippen LogP contribution < -0.4 is 10.6 Å². The lowest BCUT2D eigenvalue weighted by Crippen LogP contribution is -2.34.